The van der Waals surface area contributed by atoms with Gasteiger partial charge < -0.3 is 4.90 Å². The Hall–Kier alpha value is -3.84. The lowest BCUT2D eigenvalue weighted by Crippen LogP contribution is -2.35. The fraction of sp³-hybridized carbons (Fsp3) is 0.243. The number of nitrogens with zero attached hydrogens (tertiary/aromatic N) is 1. The van der Waals surface area contributed by atoms with Gasteiger partial charge in [-0.05, 0) is 82.0 Å². The molecule has 0 saturated heterocycles. The SMILES string of the molecule is CC1(C)C2=C3C(CC=C2)C2=C(C=CC(c4ccc(-c5cccc6ccccc56)cc4)C2)N3C2=C1CCC=C2. The predicted molar refractivity (Wildman–Crippen MR) is 158 cm³/mol. The van der Waals surface area contributed by atoms with Crippen LogP contribution in [0.5, 0.6) is 0 Å². The Morgan fingerprint density at radius 1 is 0.816 bits per heavy atom. The summed E-state index contributed by atoms with van der Waals surface area (Å²) >= 11 is 0. The van der Waals surface area contributed by atoms with Crippen LogP contribution < -0.4 is 0 Å². The van der Waals surface area contributed by atoms with Crippen molar-refractivity contribution in [1.82, 2.24) is 4.90 Å². The summed E-state index contributed by atoms with van der Waals surface area (Å²) in [6, 6.07) is 24.7. The monoisotopic (exact) mass is 491 g/mol. The van der Waals surface area contributed by atoms with Gasteiger partial charge in [0, 0.05) is 34.3 Å². The first-order valence-electron chi connectivity index (χ1n) is 14.2. The average molecular weight is 492 g/mol. The molecular formula is C37H33N. The molecule has 0 radical (unpaired) electrons. The first-order valence-corrected chi connectivity index (χ1v) is 14.2. The molecular weight excluding hydrogens is 458 g/mol. The van der Waals surface area contributed by atoms with E-state index >= 15 is 0 Å². The summed E-state index contributed by atoms with van der Waals surface area (Å²) < 4.78 is 0. The molecule has 0 fully saturated rings. The Labute approximate surface area is 225 Å². The fourth-order valence-corrected chi connectivity index (χ4v) is 7.74. The largest absolute Gasteiger partial charge is 0.313 e. The van der Waals surface area contributed by atoms with Crippen molar-refractivity contribution in [2.24, 2.45) is 11.3 Å². The van der Waals surface area contributed by atoms with Crippen LogP contribution in [-0.4, -0.2) is 4.90 Å². The Morgan fingerprint density at radius 2 is 1.66 bits per heavy atom. The third-order valence-electron chi connectivity index (χ3n) is 9.67. The van der Waals surface area contributed by atoms with E-state index in [-0.39, 0.29) is 5.41 Å². The highest BCUT2D eigenvalue weighted by molar-refractivity contribution is 5.96. The summed E-state index contributed by atoms with van der Waals surface area (Å²) in [7, 11) is 0. The van der Waals surface area contributed by atoms with Crippen LogP contribution in [0.4, 0.5) is 0 Å². The van der Waals surface area contributed by atoms with Crippen LogP contribution in [0.25, 0.3) is 21.9 Å². The summed E-state index contributed by atoms with van der Waals surface area (Å²) in [4.78, 5) is 2.64. The number of rotatable bonds is 2. The second kappa shape index (κ2) is 8.08. The van der Waals surface area contributed by atoms with Crippen molar-refractivity contribution >= 4 is 10.8 Å². The molecule has 0 spiro atoms. The van der Waals surface area contributed by atoms with E-state index < -0.39 is 0 Å². The summed E-state index contributed by atoms with van der Waals surface area (Å²) in [6.45, 7) is 4.89. The Kier molecular flexibility index (Phi) is 4.71. The van der Waals surface area contributed by atoms with E-state index in [4.69, 9.17) is 0 Å². The minimum Gasteiger partial charge on any atom is -0.313 e. The molecule has 5 aliphatic rings. The molecule has 38 heavy (non-hydrogen) atoms. The molecule has 8 rings (SSSR count). The highest BCUT2D eigenvalue weighted by atomic mass is 15.2. The Morgan fingerprint density at radius 3 is 2.55 bits per heavy atom. The normalized spacial score (nSPS) is 24.7. The zero-order valence-corrected chi connectivity index (χ0v) is 22.2. The average Bonchev–Trinajstić information content (AvgIpc) is 3.30. The van der Waals surface area contributed by atoms with Gasteiger partial charge in [-0.3, -0.25) is 0 Å². The third-order valence-corrected chi connectivity index (χ3v) is 9.67. The summed E-state index contributed by atoms with van der Waals surface area (Å²) in [5, 5.41) is 2.62. The highest BCUT2D eigenvalue weighted by Gasteiger charge is 2.48. The third kappa shape index (κ3) is 3.05. The van der Waals surface area contributed by atoms with Crippen LogP contribution in [0.15, 0.2) is 137 Å². The van der Waals surface area contributed by atoms with E-state index in [1.165, 1.54) is 45.3 Å². The fourth-order valence-electron chi connectivity index (χ4n) is 7.74. The quantitative estimate of drug-likeness (QED) is 0.345. The predicted octanol–water partition coefficient (Wildman–Crippen LogP) is 9.59. The molecule has 3 aromatic carbocycles. The van der Waals surface area contributed by atoms with Gasteiger partial charge in [0.15, 0.2) is 0 Å². The maximum Gasteiger partial charge on any atom is 0.0456 e. The molecule has 0 N–H and O–H groups in total. The second-order valence-corrected chi connectivity index (χ2v) is 12.0. The van der Waals surface area contributed by atoms with Gasteiger partial charge in [-0.15, -0.1) is 0 Å². The second-order valence-electron chi connectivity index (χ2n) is 12.0. The summed E-state index contributed by atoms with van der Waals surface area (Å²) in [5.41, 5.74) is 13.4. The van der Waals surface area contributed by atoms with E-state index in [0.29, 0.717) is 11.8 Å². The number of hydrogen-bond acceptors (Lipinski definition) is 1. The van der Waals surface area contributed by atoms with Gasteiger partial charge >= 0.3 is 0 Å². The van der Waals surface area contributed by atoms with Crippen molar-refractivity contribution in [1.29, 1.82) is 0 Å². The van der Waals surface area contributed by atoms with Crippen LogP contribution in [0, 0.1) is 11.3 Å². The molecule has 2 heterocycles. The molecule has 2 aliphatic heterocycles. The topological polar surface area (TPSA) is 3.24 Å². The standard InChI is InChI=1S/C37H33N/c1-37(2)32-14-5-6-16-35(32)38-34-22-21-27(23-31(34)30-13-8-15-33(37)36(30)38)24-17-19-26(20-18-24)29-12-7-10-25-9-3-4-11-28(25)29/h3-4,6-12,15-22,27,30H,5,13-14,23H2,1-2H3. The molecule has 3 aromatic rings. The number of benzene rings is 3. The van der Waals surface area contributed by atoms with Crippen molar-refractivity contribution in [3.05, 3.63) is 143 Å². The Balaban J connectivity index is 1.15. The maximum atomic E-state index is 2.64. The van der Waals surface area contributed by atoms with Gasteiger partial charge in [-0.25, -0.2) is 0 Å². The maximum absolute atomic E-state index is 2.64. The van der Waals surface area contributed by atoms with Gasteiger partial charge in [0.2, 0.25) is 0 Å². The summed E-state index contributed by atoms with van der Waals surface area (Å²) in [6.07, 6.45) is 19.1. The molecule has 0 aromatic heterocycles. The van der Waals surface area contributed by atoms with E-state index in [9.17, 15) is 0 Å². The lowest BCUT2D eigenvalue weighted by molar-refractivity contribution is 0.402. The molecule has 2 unspecified atom stereocenters. The van der Waals surface area contributed by atoms with Crippen molar-refractivity contribution in [2.45, 2.75) is 45.4 Å². The smallest absolute Gasteiger partial charge is 0.0456 e. The van der Waals surface area contributed by atoms with Crippen LogP contribution in [-0.2, 0) is 0 Å². The van der Waals surface area contributed by atoms with Crippen LogP contribution in [0.2, 0.25) is 0 Å². The number of allylic oxidation sites excluding steroid dienone is 9. The van der Waals surface area contributed by atoms with E-state index in [1.807, 2.05) is 0 Å². The molecule has 3 aliphatic carbocycles. The number of hydrogen-bond donors (Lipinski definition) is 0. The van der Waals surface area contributed by atoms with E-state index in [2.05, 4.69) is 122 Å². The van der Waals surface area contributed by atoms with E-state index in [1.54, 1.807) is 22.4 Å². The van der Waals surface area contributed by atoms with Crippen molar-refractivity contribution in [2.75, 3.05) is 0 Å². The highest BCUT2D eigenvalue weighted by Crippen LogP contribution is 2.59. The van der Waals surface area contributed by atoms with Gasteiger partial charge in [-0.1, -0.05) is 105 Å². The first kappa shape index (κ1) is 22.2. The molecule has 0 amide bonds. The van der Waals surface area contributed by atoms with Gasteiger partial charge in [-0.2, -0.15) is 0 Å². The number of fused-ring (bicyclic) bond motifs is 4. The lowest BCUT2D eigenvalue weighted by Gasteiger charge is -2.45. The first-order chi connectivity index (χ1) is 18.6. The van der Waals surface area contributed by atoms with Crippen molar-refractivity contribution in [3.63, 3.8) is 0 Å². The van der Waals surface area contributed by atoms with Crippen LogP contribution >= 0.6 is 0 Å². The van der Waals surface area contributed by atoms with E-state index in [0.717, 1.165) is 19.3 Å². The molecule has 1 nitrogen and oxygen atoms in total. The van der Waals surface area contributed by atoms with Crippen molar-refractivity contribution < 1.29 is 0 Å². The van der Waals surface area contributed by atoms with Crippen molar-refractivity contribution in [3.8, 4) is 11.1 Å². The van der Waals surface area contributed by atoms with Gasteiger partial charge in [0.25, 0.3) is 0 Å². The van der Waals surface area contributed by atoms with Gasteiger partial charge in [0.05, 0.1) is 0 Å². The minimum absolute atomic E-state index is 0.107. The molecule has 0 saturated carbocycles. The molecule has 186 valence electrons. The molecule has 1 heteroatoms. The molecule has 0 bridgehead atoms. The van der Waals surface area contributed by atoms with Crippen LogP contribution in [0.3, 0.4) is 0 Å². The zero-order valence-electron chi connectivity index (χ0n) is 22.2. The lowest BCUT2D eigenvalue weighted by atomic mass is 9.67. The Bertz CT molecular complexity index is 1680. The molecule has 2 atom stereocenters. The van der Waals surface area contributed by atoms with Gasteiger partial charge in [0.1, 0.15) is 0 Å². The summed E-state index contributed by atoms with van der Waals surface area (Å²) in [5.74, 6) is 0.936. The van der Waals surface area contributed by atoms with Crippen LogP contribution in [0.1, 0.15) is 51.0 Å². The zero-order chi connectivity index (χ0) is 25.4. The minimum atomic E-state index is 0.107.